The summed E-state index contributed by atoms with van der Waals surface area (Å²) in [6.45, 7) is 5.98. The van der Waals surface area contributed by atoms with Crippen molar-refractivity contribution >= 4 is 40.6 Å². The zero-order chi connectivity index (χ0) is 19.4. The highest BCUT2D eigenvalue weighted by Gasteiger charge is 2.18. The third-order valence-corrected chi connectivity index (χ3v) is 5.33. The van der Waals surface area contributed by atoms with Crippen LogP contribution >= 0.6 is 22.7 Å². The van der Waals surface area contributed by atoms with Crippen LogP contribution in [-0.4, -0.2) is 15.8 Å². The summed E-state index contributed by atoms with van der Waals surface area (Å²) in [6, 6.07) is 7.49. The van der Waals surface area contributed by atoms with Crippen LogP contribution in [0.2, 0.25) is 0 Å². The Morgan fingerprint density at radius 1 is 1.26 bits per heavy atom. The first-order valence-electron chi connectivity index (χ1n) is 8.38. The van der Waals surface area contributed by atoms with Gasteiger partial charge in [-0.1, -0.05) is 32.9 Å². The number of hydrogen-bond donors (Lipinski definition) is 1. The minimum absolute atomic E-state index is 0.0202. The fourth-order valence-electron chi connectivity index (χ4n) is 2.14. The fraction of sp³-hybridized carbons (Fsp3) is 0.250. The quantitative estimate of drug-likeness (QED) is 0.715. The van der Waals surface area contributed by atoms with E-state index >= 15 is 0 Å². The molecule has 3 rings (SSSR count). The van der Waals surface area contributed by atoms with Gasteiger partial charge in [-0.25, -0.2) is 4.98 Å². The van der Waals surface area contributed by atoms with Gasteiger partial charge >= 0.3 is 0 Å². The molecule has 2 heterocycles. The number of Topliss-reactive ketones (excluding diaryl/α,β-unsaturated/α-hetero) is 1. The largest absolute Gasteiger partial charge is 0.487 e. The first kappa shape index (κ1) is 19.3. The molecule has 0 unspecified atom stereocenters. The van der Waals surface area contributed by atoms with Crippen molar-refractivity contribution in [1.29, 1.82) is 0 Å². The minimum atomic E-state index is -0.473. The monoisotopic (exact) mass is 400 g/mol. The molecule has 3 aromatic rings. The molecule has 7 heteroatoms. The maximum Gasteiger partial charge on any atom is 0.266 e. The van der Waals surface area contributed by atoms with E-state index in [0.717, 1.165) is 17.0 Å². The van der Waals surface area contributed by atoms with Gasteiger partial charge in [0.05, 0.1) is 20.4 Å². The Balaban J connectivity index is 1.77. The van der Waals surface area contributed by atoms with Gasteiger partial charge in [0.25, 0.3) is 5.56 Å². The third kappa shape index (κ3) is 5.24. The summed E-state index contributed by atoms with van der Waals surface area (Å²) < 4.78 is 6.80. The highest BCUT2D eigenvalue weighted by molar-refractivity contribution is 7.07. The van der Waals surface area contributed by atoms with E-state index in [-0.39, 0.29) is 11.3 Å². The van der Waals surface area contributed by atoms with Gasteiger partial charge in [-0.05, 0) is 23.8 Å². The van der Waals surface area contributed by atoms with E-state index in [0.29, 0.717) is 15.8 Å². The zero-order valence-electron chi connectivity index (χ0n) is 15.3. The lowest BCUT2D eigenvalue weighted by atomic mass is 9.91. The van der Waals surface area contributed by atoms with E-state index in [2.05, 4.69) is 9.97 Å². The number of aromatic amines is 1. The Morgan fingerprint density at radius 2 is 2.00 bits per heavy atom. The summed E-state index contributed by atoms with van der Waals surface area (Å²) in [6.07, 6.45) is 3.30. The molecule has 0 aliphatic carbocycles. The first-order valence-corrected chi connectivity index (χ1v) is 10.1. The predicted molar refractivity (Wildman–Crippen MR) is 110 cm³/mol. The van der Waals surface area contributed by atoms with Gasteiger partial charge < -0.3 is 9.72 Å². The molecule has 27 heavy (non-hydrogen) atoms. The van der Waals surface area contributed by atoms with Crippen LogP contribution in [-0.2, 0) is 11.4 Å². The van der Waals surface area contributed by atoms with Gasteiger partial charge in [-0.15, -0.1) is 22.7 Å². The second-order valence-corrected chi connectivity index (χ2v) is 8.83. The first-order chi connectivity index (χ1) is 12.8. The Labute approximate surface area is 164 Å². The maximum atomic E-state index is 12.1. The molecule has 0 fully saturated rings. The van der Waals surface area contributed by atoms with Crippen LogP contribution in [0.5, 0.6) is 5.75 Å². The molecule has 0 amide bonds. The number of ketones is 1. The van der Waals surface area contributed by atoms with E-state index < -0.39 is 5.41 Å². The van der Waals surface area contributed by atoms with Crippen LogP contribution in [0.25, 0.3) is 12.2 Å². The average Bonchev–Trinajstić information content (AvgIpc) is 3.24. The van der Waals surface area contributed by atoms with Crippen molar-refractivity contribution in [2.75, 3.05) is 0 Å². The van der Waals surface area contributed by atoms with E-state index in [9.17, 15) is 9.59 Å². The topological polar surface area (TPSA) is 72.0 Å². The number of thiazole rings is 2. The standard InChI is InChI=1S/C20H20N2O3S2/c1-20(2,3)17(23)9-18-22-19(24)16(27-18)8-13-4-6-15(7-5-13)25-10-14-11-26-12-21-14/h4-9,11-12H,10H2,1-3H3,(H,22,24). The Bertz CT molecular complexity index is 1090. The maximum absolute atomic E-state index is 12.1. The average molecular weight is 401 g/mol. The van der Waals surface area contributed by atoms with Crippen molar-refractivity contribution in [2.24, 2.45) is 5.41 Å². The van der Waals surface area contributed by atoms with Crippen LogP contribution in [0.1, 0.15) is 32.0 Å². The van der Waals surface area contributed by atoms with Crippen molar-refractivity contribution in [3.05, 3.63) is 66.0 Å². The molecule has 1 aromatic carbocycles. The highest BCUT2D eigenvalue weighted by atomic mass is 32.1. The molecule has 5 nitrogen and oxygen atoms in total. The molecular formula is C20H20N2O3S2. The van der Waals surface area contributed by atoms with Gasteiger partial charge in [0.2, 0.25) is 0 Å². The Morgan fingerprint density at radius 3 is 2.63 bits per heavy atom. The summed E-state index contributed by atoms with van der Waals surface area (Å²) in [5.41, 5.74) is 2.89. The van der Waals surface area contributed by atoms with Crippen LogP contribution in [0.4, 0.5) is 0 Å². The molecule has 2 aromatic heterocycles. The number of aromatic nitrogens is 2. The number of nitrogens with zero attached hydrogens (tertiary/aromatic N) is 1. The van der Waals surface area contributed by atoms with Crippen LogP contribution < -0.4 is 19.5 Å². The van der Waals surface area contributed by atoms with E-state index in [1.54, 1.807) is 11.6 Å². The lowest BCUT2D eigenvalue weighted by molar-refractivity contribution is -0.119. The lowest BCUT2D eigenvalue weighted by Gasteiger charge is -2.12. The summed E-state index contributed by atoms with van der Waals surface area (Å²) in [7, 11) is 0. The molecule has 0 saturated carbocycles. The predicted octanol–water partition coefficient (Wildman–Crippen LogP) is 2.70. The smallest absolute Gasteiger partial charge is 0.266 e. The van der Waals surface area contributed by atoms with Crippen molar-refractivity contribution in [2.45, 2.75) is 27.4 Å². The summed E-state index contributed by atoms with van der Waals surface area (Å²) in [5, 5.41) is 1.95. The number of carbonyl (C=O) groups excluding carboxylic acids is 1. The van der Waals surface area contributed by atoms with Gasteiger partial charge in [0, 0.05) is 16.9 Å². The molecule has 0 bridgehead atoms. The van der Waals surface area contributed by atoms with Crippen LogP contribution in [0.15, 0.2) is 40.0 Å². The van der Waals surface area contributed by atoms with E-state index in [4.69, 9.17) is 4.74 Å². The molecule has 0 aliphatic rings. The summed E-state index contributed by atoms with van der Waals surface area (Å²) in [4.78, 5) is 31.2. The van der Waals surface area contributed by atoms with Crippen LogP contribution in [0.3, 0.4) is 0 Å². The molecule has 0 saturated heterocycles. The number of nitrogens with one attached hydrogen (secondary N) is 1. The summed E-state index contributed by atoms with van der Waals surface area (Å²) in [5.74, 6) is 0.721. The van der Waals surface area contributed by atoms with Gasteiger partial charge in [-0.2, -0.15) is 0 Å². The molecular weight excluding hydrogens is 380 g/mol. The number of benzene rings is 1. The second-order valence-electron chi connectivity index (χ2n) is 7.03. The number of hydrogen-bond acceptors (Lipinski definition) is 6. The zero-order valence-corrected chi connectivity index (χ0v) is 16.9. The number of H-pyrrole nitrogens is 1. The minimum Gasteiger partial charge on any atom is -0.487 e. The fourth-order valence-corrected chi connectivity index (χ4v) is 3.57. The number of carbonyl (C=O) groups is 1. The SMILES string of the molecule is CC(C)(C)C(=O)C=c1[nH]c(=O)c(=Cc2ccc(OCc3cscn3)cc2)s1. The normalized spacial score (nSPS) is 13.1. The van der Waals surface area contributed by atoms with E-state index in [1.807, 2.05) is 50.4 Å². The lowest BCUT2D eigenvalue weighted by Crippen LogP contribution is -2.22. The van der Waals surface area contributed by atoms with Gasteiger partial charge in [0.1, 0.15) is 12.4 Å². The molecule has 140 valence electrons. The molecule has 1 N–H and O–H groups in total. The Kier molecular flexibility index (Phi) is 5.72. The molecule has 0 spiro atoms. The Hall–Kier alpha value is -2.51. The molecule has 0 radical (unpaired) electrons. The summed E-state index contributed by atoms with van der Waals surface area (Å²) >= 11 is 2.81. The molecule has 0 aliphatic heterocycles. The van der Waals surface area contributed by atoms with E-state index in [1.165, 1.54) is 28.7 Å². The van der Waals surface area contributed by atoms with Crippen molar-refractivity contribution in [3.63, 3.8) is 0 Å². The van der Waals surface area contributed by atoms with Crippen molar-refractivity contribution in [3.8, 4) is 5.75 Å². The third-order valence-electron chi connectivity index (χ3n) is 3.73. The molecule has 0 atom stereocenters. The van der Waals surface area contributed by atoms with Gasteiger partial charge in [-0.3, -0.25) is 9.59 Å². The van der Waals surface area contributed by atoms with Crippen molar-refractivity contribution < 1.29 is 9.53 Å². The number of rotatable bonds is 5. The van der Waals surface area contributed by atoms with Crippen LogP contribution in [0, 0.1) is 5.41 Å². The highest BCUT2D eigenvalue weighted by Crippen LogP contribution is 2.15. The number of ether oxygens (including phenoxy) is 1. The van der Waals surface area contributed by atoms with Crippen molar-refractivity contribution in [1.82, 2.24) is 9.97 Å². The second kappa shape index (κ2) is 8.02. The van der Waals surface area contributed by atoms with Gasteiger partial charge in [0.15, 0.2) is 5.78 Å².